The van der Waals surface area contributed by atoms with Crippen LogP contribution in [0.25, 0.3) is 10.9 Å². The summed E-state index contributed by atoms with van der Waals surface area (Å²) in [7, 11) is 0. The van der Waals surface area contributed by atoms with Crippen LogP contribution in [0.4, 0.5) is 0 Å². The lowest BCUT2D eigenvalue weighted by Crippen LogP contribution is -2.32. The van der Waals surface area contributed by atoms with Crippen molar-refractivity contribution in [3.63, 3.8) is 0 Å². The Bertz CT molecular complexity index is 1110. The second kappa shape index (κ2) is 7.84. The lowest BCUT2D eigenvalue weighted by molar-refractivity contribution is 0.358. The molecule has 0 spiro atoms. The molecule has 132 valence electrons. The van der Waals surface area contributed by atoms with Crippen molar-refractivity contribution < 1.29 is 4.74 Å². The van der Waals surface area contributed by atoms with Gasteiger partial charge in [0.05, 0.1) is 26.1 Å². The average Bonchev–Trinajstić information content (AvgIpc) is 2.61. The van der Waals surface area contributed by atoms with Crippen LogP contribution in [-0.2, 0) is 0 Å². The molecule has 1 aromatic heterocycles. The Morgan fingerprint density at radius 1 is 1.19 bits per heavy atom. The number of aromatic amines is 1. The highest BCUT2D eigenvalue weighted by atomic mass is 79.9. The molecule has 0 unspecified atom stereocenters. The lowest BCUT2D eigenvalue weighted by Gasteiger charge is -2.09. The van der Waals surface area contributed by atoms with E-state index in [1.807, 2.05) is 0 Å². The van der Waals surface area contributed by atoms with Gasteiger partial charge in [-0.15, -0.1) is 4.68 Å². The van der Waals surface area contributed by atoms with Gasteiger partial charge in [0, 0.05) is 0 Å². The van der Waals surface area contributed by atoms with Gasteiger partial charge in [0.2, 0.25) is 0 Å². The molecule has 1 heterocycles. The first-order valence-electron chi connectivity index (χ1n) is 7.52. The Labute approximate surface area is 165 Å². The van der Waals surface area contributed by atoms with E-state index in [0.29, 0.717) is 37.8 Å². The van der Waals surface area contributed by atoms with Crippen molar-refractivity contribution >= 4 is 49.0 Å². The van der Waals surface area contributed by atoms with Gasteiger partial charge >= 0.3 is 5.69 Å². The smallest absolute Gasteiger partial charge is 0.349 e. The maximum atomic E-state index is 12.5. The van der Waals surface area contributed by atoms with Crippen molar-refractivity contribution in [3.8, 4) is 5.75 Å². The highest BCUT2D eigenvalue weighted by Crippen LogP contribution is 2.34. The van der Waals surface area contributed by atoms with Crippen LogP contribution >= 0.6 is 31.9 Å². The normalized spacial score (nSPS) is 11.2. The number of H-pyrrole nitrogens is 1. The van der Waals surface area contributed by atoms with Crippen LogP contribution in [0.15, 0.2) is 72.7 Å². The van der Waals surface area contributed by atoms with Crippen molar-refractivity contribution in [2.75, 3.05) is 6.61 Å². The van der Waals surface area contributed by atoms with E-state index in [1.54, 1.807) is 42.5 Å². The number of nitrogens with one attached hydrogen (secondary N) is 1. The van der Waals surface area contributed by atoms with Crippen molar-refractivity contribution in [1.82, 2.24) is 9.66 Å². The summed E-state index contributed by atoms with van der Waals surface area (Å²) in [4.78, 5) is 27.2. The van der Waals surface area contributed by atoms with E-state index in [1.165, 1.54) is 6.21 Å². The van der Waals surface area contributed by atoms with Crippen LogP contribution < -0.4 is 16.0 Å². The fourth-order valence-corrected chi connectivity index (χ4v) is 3.77. The molecular formula is C18H13Br2N3O3. The summed E-state index contributed by atoms with van der Waals surface area (Å²) in [6.07, 6.45) is 3.07. The molecule has 2 aromatic carbocycles. The van der Waals surface area contributed by atoms with Gasteiger partial charge in [-0.25, -0.2) is 4.79 Å². The summed E-state index contributed by atoms with van der Waals surface area (Å²) >= 11 is 6.86. The lowest BCUT2D eigenvalue weighted by atomic mass is 10.2. The van der Waals surface area contributed by atoms with Crippen molar-refractivity contribution in [2.45, 2.75) is 0 Å². The second-order valence-corrected chi connectivity index (χ2v) is 6.96. The predicted molar refractivity (Wildman–Crippen MR) is 109 cm³/mol. The maximum absolute atomic E-state index is 12.5. The quantitative estimate of drug-likeness (QED) is 0.449. The minimum absolute atomic E-state index is 0.368. The first kappa shape index (κ1) is 18.3. The topological polar surface area (TPSA) is 76.5 Å². The molecule has 0 fully saturated rings. The molecular weight excluding hydrogens is 466 g/mol. The van der Waals surface area contributed by atoms with Crippen LogP contribution in [0.3, 0.4) is 0 Å². The van der Waals surface area contributed by atoms with Gasteiger partial charge in [-0.1, -0.05) is 24.8 Å². The van der Waals surface area contributed by atoms with E-state index in [4.69, 9.17) is 4.74 Å². The molecule has 0 saturated heterocycles. The van der Waals surface area contributed by atoms with E-state index in [-0.39, 0.29) is 0 Å². The first-order valence-corrected chi connectivity index (χ1v) is 9.11. The molecule has 3 rings (SSSR count). The van der Waals surface area contributed by atoms with Crippen molar-refractivity contribution in [2.24, 2.45) is 5.10 Å². The number of hydrogen-bond acceptors (Lipinski definition) is 4. The number of nitrogens with zero attached hydrogens (tertiary/aromatic N) is 2. The molecule has 0 amide bonds. The van der Waals surface area contributed by atoms with Crippen LogP contribution in [0.5, 0.6) is 5.75 Å². The number of hydrogen-bond donors (Lipinski definition) is 1. The molecule has 26 heavy (non-hydrogen) atoms. The molecule has 0 aliphatic heterocycles. The second-order valence-electron chi connectivity index (χ2n) is 5.25. The third kappa shape index (κ3) is 3.71. The van der Waals surface area contributed by atoms with Crippen molar-refractivity contribution in [1.29, 1.82) is 0 Å². The molecule has 6 nitrogen and oxygen atoms in total. The predicted octanol–water partition coefficient (Wildman–Crippen LogP) is 3.66. The fourth-order valence-electron chi connectivity index (χ4n) is 2.32. The molecule has 8 heteroatoms. The zero-order valence-electron chi connectivity index (χ0n) is 13.4. The largest absolute Gasteiger partial charge is 0.487 e. The van der Waals surface area contributed by atoms with Gasteiger partial charge in [0.15, 0.2) is 0 Å². The number of ether oxygens (including phenoxy) is 1. The number of rotatable bonds is 5. The van der Waals surface area contributed by atoms with Gasteiger partial charge in [0.25, 0.3) is 5.56 Å². The zero-order chi connectivity index (χ0) is 18.7. The Kier molecular flexibility index (Phi) is 5.53. The minimum atomic E-state index is -0.603. The minimum Gasteiger partial charge on any atom is -0.487 e. The SMILES string of the molecule is C=CCOc1c(Br)cc(C=Nn2c(=O)[nH]c3ccccc3c2=O)cc1Br. The first-order chi connectivity index (χ1) is 12.5. The van der Waals surface area contributed by atoms with E-state index in [9.17, 15) is 9.59 Å². The Balaban J connectivity index is 2.01. The Hall–Kier alpha value is -2.45. The maximum Gasteiger partial charge on any atom is 0.349 e. The van der Waals surface area contributed by atoms with E-state index >= 15 is 0 Å². The van der Waals surface area contributed by atoms with Crippen LogP contribution in [0.2, 0.25) is 0 Å². The van der Waals surface area contributed by atoms with Gasteiger partial charge < -0.3 is 9.72 Å². The molecule has 0 atom stereocenters. The van der Waals surface area contributed by atoms with Gasteiger partial charge in [-0.05, 0) is 61.7 Å². The van der Waals surface area contributed by atoms with Crippen LogP contribution in [-0.4, -0.2) is 22.5 Å². The summed E-state index contributed by atoms with van der Waals surface area (Å²) in [5, 5.41) is 4.43. The standard InChI is InChI=1S/C18H13Br2N3O3/c1-2-7-26-16-13(19)8-11(9-14(16)20)10-21-23-17(24)12-5-3-4-6-15(12)22-18(23)25/h2-6,8-10H,1,7H2,(H,22,25). The average molecular weight is 479 g/mol. The molecule has 3 aromatic rings. The number of halogens is 2. The summed E-state index contributed by atoms with van der Waals surface area (Å²) in [6.45, 7) is 3.98. The summed E-state index contributed by atoms with van der Waals surface area (Å²) in [6, 6.07) is 10.3. The van der Waals surface area contributed by atoms with E-state index in [2.05, 4.69) is 48.5 Å². The van der Waals surface area contributed by atoms with Gasteiger partial charge in [-0.3, -0.25) is 4.79 Å². The third-order valence-electron chi connectivity index (χ3n) is 3.47. The summed E-state index contributed by atoms with van der Waals surface area (Å²) in [5.41, 5.74) is 0.0657. The highest BCUT2D eigenvalue weighted by molar-refractivity contribution is 9.11. The highest BCUT2D eigenvalue weighted by Gasteiger charge is 2.09. The van der Waals surface area contributed by atoms with Crippen molar-refractivity contribution in [3.05, 3.63) is 84.4 Å². The van der Waals surface area contributed by atoms with Gasteiger partial charge in [-0.2, -0.15) is 5.10 Å². The number of benzene rings is 2. The molecule has 0 aliphatic carbocycles. The summed E-state index contributed by atoms with van der Waals surface area (Å²) < 4.78 is 7.76. The molecule has 0 aliphatic rings. The van der Waals surface area contributed by atoms with E-state index < -0.39 is 11.2 Å². The summed E-state index contributed by atoms with van der Waals surface area (Å²) in [5.74, 6) is 0.628. The fraction of sp³-hybridized carbons (Fsp3) is 0.0556. The molecule has 0 radical (unpaired) electrons. The Morgan fingerprint density at radius 3 is 2.58 bits per heavy atom. The number of aromatic nitrogens is 2. The van der Waals surface area contributed by atoms with E-state index in [0.717, 1.165) is 4.68 Å². The van der Waals surface area contributed by atoms with Crippen LogP contribution in [0.1, 0.15) is 5.56 Å². The number of para-hydroxylation sites is 1. The Morgan fingerprint density at radius 2 is 1.88 bits per heavy atom. The number of fused-ring (bicyclic) bond motifs is 1. The monoisotopic (exact) mass is 477 g/mol. The zero-order valence-corrected chi connectivity index (χ0v) is 16.6. The van der Waals surface area contributed by atoms with Gasteiger partial charge in [0.1, 0.15) is 12.4 Å². The third-order valence-corrected chi connectivity index (χ3v) is 4.65. The molecule has 0 bridgehead atoms. The molecule has 1 N–H and O–H groups in total. The van der Waals surface area contributed by atoms with Crippen LogP contribution in [0, 0.1) is 0 Å². The molecule has 0 saturated carbocycles.